The molecule has 0 N–H and O–H groups in total. The van der Waals surface area contributed by atoms with E-state index in [1.54, 1.807) is 44.5 Å². The van der Waals surface area contributed by atoms with Gasteiger partial charge in [0.25, 0.3) is 0 Å². The molecule has 0 fully saturated rings. The number of hydrogen-bond donors (Lipinski definition) is 0. The summed E-state index contributed by atoms with van der Waals surface area (Å²) in [5.74, 6) is 0. The van der Waals surface area contributed by atoms with Crippen molar-refractivity contribution in [1.29, 1.82) is 0 Å². The summed E-state index contributed by atoms with van der Waals surface area (Å²) in [5, 5.41) is 0. The van der Waals surface area contributed by atoms with Gasteiger partial charge >= 0.3 is 0 Å². The second-order valence-corrected chi connectivity index (χ2v) is 14.2. The van der Waals surface area contributed by atoms with Gasteiger partial charge in [-0.15, -0.1) is 0 Å². The maximum Gasteiger partial charge on any atom is 0.0215 e. The molecule has 7 rings (SSSR count). The molecule has 0 amide bonds. The summed E-state index contributed by atoms with van der Waals surface area (Å²) in [6, 6.07) is 29.1. The van der Waals surface area contributed by atoms with Gasteiger partial charge < -0.3 is 0 Å². The number of benzene rings is 4. The average molecular weight is 567 g/mol. The Morgan fingerprint density at radius 3 is 1.30 bits per heavy atom. The van der Waals surface area contributed by atoms with E-state index < -0.39 is 0 Å². The highest BCUT2D eigenvalue weighted by Crippen LogP contribution is 2.54. The third-order valence-electron chi connectivity index (χ3n) is 11.2. The molecule has 0 aliphatic heterocycles. The number of aryl methyl sites for hydroxylation is 8. The number of fused-ring (bicyclic) bond motifs is 5. The van der Waals surface area contributed by atoms with Crippen molar-refractivity contribution in [3.8, 4) is 11.1 Å². The van der Waals surface area contributed by atoms with E-state index in [1.807, 2.05) is 0 Å². The summed E-state index contributed by atoms with van der Waals surface area (Å²) in [6.07, 6.45) is 20.9. The lowest BCUT2D eigenvalue weighted by Gasteiger charge is -2.33. The largest absolute Gasteiger partial charge is 0.0588 e. The van der Waals surface area contributed by atoms with Crippen molar-refractivity contribution < 1.29 is 0 Å². The van der Waals surface area contributed by atoms with E-state index in [2.05, 4.69) is 86.6 Å². The Balaban J connectivity index is 0.996. The summed E-state index contributed by atoms with van der Waals surface area (Å²) >= 11 is 0. The van der Waals surface area contributed by atoms with E-state index in [-0.39, 0.29) is 5.41 Å². The summed E-state index contributed by atoms with van der Waals surface area (Å²) < 4.78 is 0. The van der Waals surface area contributed by atoms with Crippen LogP contribution in [0.4, 0.5) is 0 Å². The molecule has 0 saturated heterocycles. The first-order chi connectivity index (χ1) is 21.1. The molecule has 4 aromatic carbocycles. The van der Waals surface area contributed by atoms with Gasteiger partial charge in [0.05, 0.1) is 0 Å². The molecule has 0 spiro atoms. The third-order valence-corrected chi connectivity index (χ3v) is 11.2. The van der Waals surface area contributed by atoms with Crippen LogP contribution >= 0.6 is 0 Å². The Morgan fingerprint density at radius 2 is 0.884 bits per heavy atom. The van der Waals surface area contributed by atoms with Crippen LogP contribution in [0.5, 0.6) is 0 Å². The van der Waals surface area contributed by atoms with Crippen LogP contribution in [0, 0.1) is 13.8 Å². The lowest BCUT2D eigenvalue weighted by atomic mass is 9.70. The highest BCUT2D eigenvalue weighted by atomic mass is 14.4. The lowest BCUT2D eigenvalue weighted by molar-refractivity contribution is 0.399. The van der Waals surface area contributed by atoms with Crippen LogP contribution in [0.15, 0.2) is 72.8 Å². The molecule has 0 heteroatoms. The molecule has 0 nitrogen and oxygen atoms in total. The fourth-order valence-corrected chi connectivity index (χ4v) is 8.41. The zero-order valence-electron chi connectivity index (χ0n) is 26.7. The molecule has 4 aromatic rings. The van der Waals surface area contributed by atoms with E-state index >= 15 is 0 Å². The number of rotatable bonds is 14. The van der Waals surface area contributed by atoms with Crippen LogP contribution in [0.3, 0.4) is 0 Å². The minimum Gasteiger partial charge on any atom is -0.0588 e. The topological polar surface area (TPSA) is 0 Å². The van der Waals surface area contributed by atoms with E-state index in [0.29, 0.717) is 0 Å². The Bertz CT molecular complexity index is 1480. The van der Waals surface area contributed by atoms with E-state index in [4.69, 9.17) is 0 Å². The second-order valence-electron chi connectivity index (χ2n) is 14.2. The lowest BCUT2D eigenvalue weighted by Crippen LogP contribution is -2.25. The summed E-state index contributed by atoms with van der Waals surface area (Å²) in [5.41, 5.74) is 18.7. The first-order valence-corrected chi connectivity index (χ1v) is 17.5. The third kappa shape index (κ3) is 5.87. The van der Waals surface area contributed by atoms with Gasteiger partial charge in [0.1, 0.15) is 0 Å². The first-order valence-electron chi connectivity index (χ1n) is 17.5. The Hall–Kier alpha value is -3.12. The molecule has 0 atom stereocenters. The van der Waals surface area contributed by atoms with Crippen LogP contribution < -0.4 is 0 Å². The van der Waals surface area contributed by atoms with Gasteiger partial charge in [-0.1, -0.05) is 122 Å². The monoisotopic (exact) mass is 566 g/mol. The summed E-state index contributed by atoms with van der Waals surface area (Å²) in [7, 11) is 0. The standard InChI is InChI=1S/C43H50/c1-31-13-23-39-40-24-14-32(2)28-42(40)43(41(39)27-31,25-9-5-3-7-11-33-15-17-35-19-21-37(35)29-33)26-10-6-4-8-12-34-16-18-36-20-22-38(36)30-34/h13-18,23-24,27-30H,3-12,19-22,25-26H2,1-2H3. The Morgan fingerprint density at radius 1 is 0.442 bits per heavy atom. The van der Waals surface area contributed by atoms with Crippen LogP contribution in [-0.2, 0) is 43.9 Å². The van der Waals surface area contributed by atoms with Crippen molar-refractivity contribution in [3.63, 3.8) is 0 Å². The predicted octanol–water partition coefficient (Wildman–Crippen LogP) is 11.2. The zero-order chi connectivity index (χ0) is 29.2. The van der Waals surface area contributed by atoms with Crippen molar-refractivity contribution in [2.45, 2.75) is 122 Å². The smallest absolute Gasteiger partial charge is 0.0215 e. The highest BCUT2D eigenvalue weighted by Gasteiger charge is 2.42. The Labute approximate surface area is 261 Å². The highest BCUT2D eigenvalue weighted by molar-refractivity contribution is 5.81. The zero-order valence-corrected chi connectivity index (χ0v) is 26.7. The predicted molar refractivity (Wildman–Crippen MR) is 183 cm³/mol. The molecule has 0 saturated carbocycles. The first kappa shape index (κ1) is 28.6. The summed E-state index contributed by atoms with van der Waals surface area (Å²) in [4.78, 5) is 0. The molecule has 3 aliphatic rings. The maximum absolute atomic E-state index is 2.54. The van der Waals surface area contributed by atoms with Crippen LogP contribution in [0.25, 0.3) is 11.1 Å². The molecule has 0 bridgehead atoms. The Kier molecular flexibility index (Phi) is 8.31. The van der Waals surface area contributed by atoms with Gasteiger partial charge in [-0.2, -0.15) is 0 Å². The maximum atomic E-state index is 2.54. The molecular weight excluding hydrogens is 516 g/mol. The minimum atomic E-state index is 0.173. The van der Waals surface area contributed by atoms with Crippen molar-refractivity contribution in [2.75, 3.05) is 0 Å². The van der Waals surface area contributed by atoms with Crippen molar-refractivity contribution >= 4 is 0 Å². The van der Waals surface area contributed by atoms with Gasteiger partial charge in [-0.05, 0) is 134 Å². The fourth-order valence-electron chi connectivity index (χ4n) is 8.41. The van der Waals surface area contributed by atoms with Gasteiger partial charge in [-0.25, -0.2) is 0 Å². The van der Waals surface area contributed by atoms with Crippen LogP contribution in [0.2, 0.25) is 0 Å². The molecule has 0 radical (unpaired) electrons. The molecule has 0 unspecified atom stereocenters. The summed E-state index contributed by atoms with van der Waals surface area (Å²) in [6.45, 7) is 4.57. The van der Waals surface area contributed by atoms with E-state index in [9.17, 15) is 0 Å². The van der Waals surface area contributed by atoms with Crippen molar-refractivity contribution in [1.82, 2.24) is 0 Å². The van der Waals surface area contributed by atoms with Crippen molar-refractivity contribution in [3.05, 3.63) is 128 Å². The fraction of sp³-hybridized carbons (Fsp3) is 0.442. The quantitative estimate of drug-likeness (QED) is 0.133. The van der Waals surface area contributed by atoms with Gasteiger partial charge in [-0.3, -0.25) is 0 Å². The molecular formula is C43H50. The van der Waals surface area contributed by atoms with Gasteiger partial charge in [0.2, 0.25) is 0 Å². The molecule has 222 valence electrons. The van der Waals surface area contributed by atoms with E-state index in [0.717, 1.165) is 0 Å². The normalized spacial score (nSPS) is 15.2. The van der Waals surface area contributed by atoms with Crippen LogP contribution in [0.1, 0.15) is 120 Å². The molecule has 3 aliphatic carbocycles. The molecule has 0 heterocycles. The molecule has 0 aromatic heterocycles. The second kappa shape index (κ2) is 12.5. The van der Waals surface area contributed by atoms with Crippen LogP contribution in [-0.4, -0.2) is 0 Å². The SMILES string of the molecule is Cc1ccc2c(c1)C(CCCCCCc1ccc3c(c1)CC3)(CCCCCCc1ccc3c(c1)CC3)c1cc(C)ccc1-2. The number of unbranched alkanes of at least 4 members (excludes halogenated alkanes) is 6. The number of hydrogen-bond acceptors (Lipinski definition) is 0. The molecule has 43 heavy (non-hydrogen) atoms. The average Bonchev–Trinajstić information content (AvgIpc) is 3.23. The van der Waals surface area contributed by atoms with Gasteiger partial charge in [0.15, 0.2) is 0 Å². The van der Waals surface area contributed by atoms with Crippen molar-refractivity contribution in [2.24, 2.45) is 0 Å². The minimum absolute atomic E-state index is 0.173. The van der Waals surface area contributed by atoms with Gasteiger partial charge in [0, 0.05) is 5.41 Å². The van der Waals surface area contributed by atoms with E-state index in [1.165, 1.54) is 125 Å².